The van der Waals surface area contributed by atoms with E-state index in [2.05, 4.69) is 15.6 Å². The van der Waals surface area contributed by atoms with Gasteiger partial charge < -0.3 is 15.5 Å². The molecule has 0 radical (unpaired) electrons. The highest BCUT2D eigenvalue weighted by molar-refractivity contribution is 7.17. The maximum Gasteiger partial charge on any atom is 0.266 e. The van der Waals surface area contributed by atoms with E-state index in [4.69, 9.17) is 0 Å². The molecular weight excluding hydrogens is 422 g/mol. The quantitative estimate of drug-likeness (QED) is 0.747. The molecule has 3 atom stereocenters. The average molecular weight is 447 g/mol. The van der Waals surface area contributed by atoms with Crippen molar-refractivity contribution in [2.75, 3.05) is 31.5 Å². The summed E-state index contributed by atoms with van der Waals surface area (Å²) < 4.78 is 13.8. The van der Waals surface area contributed by atoms with Gasteiger partial charge in [0.25, 0.3) is 5.91 Å². The van der Waals surface area contributed by atoms with Gasteiger partial charge in [0.05, 0.1) is 11.7 Å². The standard InChI is InChI=1S/C19H23FN4OS.2ClH/c1-3-22-19-23-11(2)17(26-19)18(25)24-10-13-8-21-9-15(13)16(24)12-5-4-6-14(20)7-12;;/h4-7,13,15-16,21H,3,8-10H2,1-2H3,(H,22,23);2*1H/t13-,15-,16+;;/m0../s1. The Morgan fingerprint density at radius 1 is 1.39 bits per heavy atom. The molecule has 0 saturated carbocycles. The minimum absolute atomic E-state index is 0. The summed E-state index contributed by atoms with van der Waals surface area (Å²) in [5, 5.41) is 7.37. The molecule has 4 rings (SSSR count). The van der Waals surface area contributed by atoms with Gasteiger partial charge in [-0.05, 0) is 37.5 Å². The van der Waals surface area contributed by atoms with Gasteiger partial charge in [0, 0.05) is 32.1 Å². The zero-order chi connectivity index (χ0) is 18.3. The van der Waals surface area contributed by atoms with Crippen LogP contribution in [0.4, 0.5) is 9.52 Å². The fourth-order valence-corrected chi connectivity index (χ4v) is 5.19. The van der Waals surface area contributed by atoms with E-state index in [1.165, 1.54) is 17.4 Å². The van der Waals surface area contributed by atoms with Crippen LogP contribution in [0.3, 0.4) is 0 Å². The molecule has 154 valence electrons. The average Bonchev–Trinajstić information content (AvgIpc) is 3.28. The largest absolute Gasteiger partial charge is 0.362 e. The van der Waals surface area contributed by atoms with Gasteiger partial charge >= 0.3 is 0 Å². The molecule has 0 spiro atoms. The van der Waals surface area contributed by atoms with Crippen molar-refractivity contribution in [3.05, 3.63) is 46.2 Å². The number of fused-ring (bicyclic) bond motifs is 1. The predicted molar refractivity (Wildman–Crippen MR) is 116 cm³/mol. The second kappa shape index (κ2) is 9.39. The highest BCUT2D eigenvalue weighted by atomic mass is 35.5. The van der Waals surface area contributed by atoms with Crippen molar-refractivity contribution >= 4 is 47.2 Å². The van der Waals surface area contributed by atoms with Gasteiger partial charge in [-0.3, -0.25) is 4.79 Å². The monoisotopic (exact) mass is 446 g/mol. The lowest BCUT2D eigenvalue weighted by molar-refractivity contribution is 0.0717. The van der Waals surface area contributed by atoms with Crippen LogP contribution in [0.2, 0.25) is 0 Å². The topological polar surface area (TPSA) is 57.3 Å². The number of benzene rings is 1. The number of carbonyl (C=O) groups excluding carboxylic acids is 1. The molecule has 2 aliphatic heterocycles. The van der Waals surface area contributed by atoms with Crippen LogP contribution in [0.5, 0.6) is 0 Å². The number of hydrogen-bond acceptors (Lipinski definition) is 5. The molecule has 0 aliphatic carbocycles. The summed E-state index contributed by atoms with van der Waals surface area (Å²) in [6, 6.07) is 6.57. The Labute approximate surface area is 180 Å². The number of hydrogen-bond donors (Lipinski definition) is 2. The summed E-state index contributed by atoms with van der Waals surface area (Å²) in [5.41, 5.74) is 1.63. The molecule has 0 bridgehead atoms. The second-order valence-corrected chi connectivity index (χ2v) is 8.00. The number of carbonyl (C=O) groups is 1. The number of aromatic nitrogens is 1. The Bertz CT molecular complexity index is 834. The molecule has 2 saturated heterocycles. The lowest BCUT2D eigenvalue weighted by Crippen LogP contribution is -2.34. The Morgan fingerprint density at radius 3 is 2.89 bits per heavy atom. The van der Waals surface area contributed by atoms with Crippen LogP contribution >= 0.6 is 36.2 Å². The summed E-state index contributed by atoms with van der Waals surface area (Å²) in [5.74, 6) is 0.483. The number of nitrogens with zero attached hydrogens (tertiary/aromatic N) is 2. The van der Waals surface area contributed by atoms with Gasteiger partial charge in [-0.1, -0.05) is 23.5 Å². The van der Waals surface area contributed by atoms with Gasteiger partial charge in [0.1, 0.15) is 10.7 Å². The lowest BCUT2D eigenvalue weighted by Gasteiger charge is -2.28. The molecule has 9 heteroatoms. The van der Waals surface area contributed by atoms with Crippen molar-refractivity contribution in [1.82, 2.24) is 15.2 Å². The van der Waals surface area contributed by atoms with Crippen LogP contribution in [0.1, 0.15) is 33.9 Å². The third-order valence-corrected chi connectivity index (χ3v) is 6.44. The number of rotatable bonds is 4. The fraction of sp³-hybridized carbons (Fsp3) is 0.474. The second-order valence-electron chi connectivity index (χ2n) is 7.00. The molecule has 2 aliphatic rings. The molecule has 28 heavy (non-hydrogen) atoms. The summed E-state index contributed by atoms with van der Waals surface area (Å²) >= 11 is 1.40. The molecule has 5 nitrogen and oxygen atoms in total. The first-order valence-corrected chi connectivity index (χ1v) is 9.88. The SMILES string of the molecule is CCNc1nc(C)c(C(=O)N2C[C@@H]3CNC[C@@H]3[C@H]2c2cccc(F)c2)s1.Cl.Cl. The molecule has 3 heterocycles. The molecule has 0 unspecified atom stereocenters. The van der Waals surface area contributed by atoms with E-state index >= 15 is 0 Å². The molecule has 2 fully saturated rings. The molecule has 2 aromatic rings. The molecule has 1 amide bonds. The maximum absolute atomic E-state index is 13.8. The van der Waals surface area contributed by atoms with Crippen molar-refractivity contribution in [3.8, 4) is 0 Å². The molecule has 2 N–H and O–H groups in total. The normalized spacial score (nSPS) is 23.0. The Kier molecular flexibility index (Phi) is 7.67. The van der Waals surface area contributed by atoms with E-state index in [-0.39, 0.29) is 42.6 Å². The minimum atomic E-state index is -0.257. The van der Waals surface area contributed by atoms with E-state index in [0.717, 1.165) is 36.0 Å². The van der Waals surface area contributed by atoms with Gasteiger partial charge in [-0.15, -0.1) is 24.8 Å². The van der Waals surface area contributed by atoms with Gasteiger partial charge in [-0.2, -0.15) is 0 Å². The first-order valence-electron chi connectivity index (χ1n) is 9.07. The van der Waals surface area contributed by atoms with E-state index in [9.17, 15) is 9.18 Å². The van der Waals surface area contributed by atoms with Crippen molar-refractivity contribution in [3.63, 3.8) is 0 Å². The van der Waals surface area contributed by atoms with Crippen molar-refractivity contribution < 1.29 is 9.18 Å². The van der Waals surface area contributed by atoms with Crippen LogP contribution in [-0.4, -0.2) is 42.0 Å². The van der Waals surface area contributed by atoms with E-state index in [1.54, 1.807) is 12.1 Å². The maximum atomic E-state index is 13.8. The molecule has 1 aromatic heterocycles. The third kappa shape index (κ3) is 4.13. The van der Waals surface area contributed by atoms with Gasteiger partial charge in [0.2, 0.25) is 0 Å². The van der Waals surface area contributed by atoms with Crippen molar-refractivity contribution in [1.29, 1.82) is 0 Å². The summed E-state index contributed by atoms with van der Waals surface area (Å²) in [4.78, 5) is 20.4. The number of likely N-dealkylation sites (tertiary alicyclic amines) is 1. The van der Waals surface area contributed by atoms with Gasteiger partial charge in [-0.25, -0.2) is 9.37 Å². The van der Waals surface area contributed by atoms with E-state index < -0.39 is 0 Å². The first kappa shape index (κ1) is 22.9. The lowest BCUT2D eigenvalue weighted by atomic mass is 9.89. The molecule has 1 aromatic carbocycles. The Balaban J connectivity index is 0.00000140. The number of nitrogens with one attached hydrogen (secondary N) is 2. The zero-order valence-electron chi connectivity index (χ0n) is 15.8. The smallest absolute Gasteiger partial charge is 0.266 e. The zero-order valence-corrected chi connectivity index (χ0v) is 18.2. The van der Waals surface area contributed by atoms with Crippen LogP contribution < -0.4 is 10.6 Å². The number of halogens is 3. The van der Waals surface area contributed by atoms with Gasteiger partial charge in [0.15, 0.2) is 5.13 Å². The molecular formula is C19H25Cl2FN4OS. The summed E-state index contributed by atoms with van der Waals surface area (Å²) in [7, 11) is 0. The Hall–Kier alpha value is -1.41. The number of aryl methyl sites for hydroxylation is 1. The third-order valence-electron chi connectivity index (χ3n) is 5.33. The minimum Gasteiger partial charge on any atom is -0.362 e. The Morgan fingerprint density at radius 2 is 2.18 bits per heavy atom. The number of amides is 1. The van der Waals surface area contributed by atoms with E-state index in [0.29, 0.717) is 23.3 Å². The predicted octanol–water partition coefficient (Wildman–Crippen LogP) is 3.90. The highest BCUT2D eigenvalue weighted by Crippen LogP contribution is 2.44. The van der Waals surface area contributed by atoms with Crippen LogP contribution in [0, 0.1) is 24.6 Å². The van der Waals surface area contributed by atoms with Crippen molar-refractivity contribution in [2.45, 2.75) is 19.9 Å². The van der Waals surface area contributed by atoms with Crippen LogP contribution in [0.15, 0.2) is 24.3 Å². The fourth-order valence-electron chi connectivity index (χ4n) is 4.20. The van der Waals surface area contributed by atoms with Crippen molar-refractivity contribution in [2.24, 2.45) is 11.8 Å². The summed E-state index contributed by atoms with van der Waals surface area (Å²) in [6.45, 7) is 7.12. The van der Waals surface area contributed by atoms with Crippen LogP contribution in [0.25, 0.3) is 0 Å². The number of anilines is 1. The highest BCUT2D eigenvalue weighted by Gasteiger charge is 2.47. The number of thiazole rings is 1. The van der Waals surface area contributed by atoms with Crippen LogP contribution in [-0.2, 0) is 0 Å². The summed E-state index contributed by atoms with van der Waals surface area (Å²) in [6.07, 6.45) is 0. The van der Waals surface area contributed by atoms with E-state index in [1.807, 2.05) is 24.8 Å². The first-order chi connectivity index (χ1) is 12.6.